The van der Waals surface area contributed by atoms with Crippen LogP contribution in [0.2, 0.25) is 0 Å². The average molecular weight is 307 g/mol. The van der Waals surface area contributed by atoms with Gasteiger partial charge in [-0.05, 0) is 42.8 Å². The molecule has 0 fully saturated rings. The van der Waals surface area contributed by atoms with Gasteiger partial charge in [0.15, 0.2) is 0 Å². The Labute approximate surface area is 135 Å². The van der Waals surface area contributed by atoms with Gasteiger partial charge in [-0.3, -0.25) is 9.78 Å². The van der Waals surface area contributed by atoms with E-state index < -0.39 is 5.91 Å². The third-order valence-corrected chi connectivity index (χ3v) is 3.00. The van der Waals surface area contributed by atoms with E-state index in [-0.39, 0.29) is 12.1 Å². The zero-order chi connectivity index (χ0) is 16.5. The van der Waals surface area contributed by atoms with Crippen LogP contribution in [0.25, 0.3) is 6.08 Å². The molecule has 1 aromatic heterocycles. The number of carbonyl (C=O) groups excluding carboxylic acids is 1. The van der Waals surface area contributed by atoms with E-state index >= 15 is 0 Å². The van der Waals surface area contributed by atoms with Gasteiger partial charge in [-0.1, -0.05) is 18.2 Å². The summed E-state index contributed by atoms with van der Waals surface area (Å²) in [7, 11) is 0. The predicted octanol–water partition coefficient (Wildman–Crippen LogP) is 2.70. The molecular weight excluding hydrogens is 290 g/mol. The summed E-state index contributed by atoms with van der Waals surface area (Å²) in [6, 6.07) is 14.6. The Balaban J connectivity index is 2.07. The van der Waals surface area contributed by atoms with Gasteiger partial charge in [0.2, 0.25) is 0 Å². The smallest absolute Gasteiger partial charge is 0.262 e. The predicted molar refractivity (Wildman–Crippen MR) is 87.3 cm³/mol. The number of amides is 1. The molecule has 2 aromatic rings. The number of hydrogen-bond acceptors (Lipinski definition) is 4. The van der Waals surface area contributed by atoms with Crippen molar-refractivity contribution in [3.63, 3.8) is 0 Å². The molecule has 1 aromatic carbocycles. The van der Waals surface area contributed by atoms with E-state index in [0.29, 0.717) is 12.4 Å². The van der Waals surface area contributed by atoms with Crippen LogP contribution in [0.5, 0.6) is 5.75 Å². The standard InChI is InChI=1S/C18H17N3O2/c1-2-23-17-8-5-6-14(11-17)10-15(12-19)18(22)21-13-16-7-3-4-9-20-16/h3-11H,2,13H2,1H3,(H,21,22)/b15-10+. The van der Waals surface area contributed by atoms with Crippen molar-refractivity contribution in [3.05, 3.63) is 65.5 Å². The summed E-state index contributed by atoms with van der Waals surface area (Å²) in [6.45, 7) is 2.73. The SMILES string of the molecule is CCOc1cccc(/C=C(\C#N)C(=O)NCc2ccccn2)c1. The highest BCUT2D eigenvalue weighted by Gasteiger charge is 2.09. The van der Waals surface area contributed by atoms with Gasteiger partial charge in [-0.15, -0.1) is 0 Å². The Hall–Kier alpha value is -3.13. The molecule has 0 atom stereocenters. The molecular formula is C18H17N3O2. The van der Waals surface area contributed by atoms with Crippen LogP contribution in [0.3, 0.4) is 0 Å². The fourth-order valence-electron chi connectivity index (χ4n) is 1.94. The zero-order valence-electron chi connectivity index (χ0n) is 12.8. The van der Waals surface area contributed by atoms with Crippen molar-refractivity contribution in [1.29, 1.82) is 5.26 Å². The minimum atomic E-state index is -0.431. The summed E-state index contributed by atoms with van der Waals surface area (Å²) in [5.41, 5.74) is 1.51. The molecule has 23 heavy (non-hydrogen) atoms. The molecule has 5 heteroatoms. The molecule has 0 saturated carbocycles. The van der Waals surface area contributed by atoms with E-state index in [4.69, 9.17) is 4.74 Å². The van der Waals surface area contributed by atoms with Crippen LogP contribution >= 0.6 is 0 Å². The third kappa shape index (κ3) is 4.97. The van der Waals surface area contributed by atoms with Gasteiger partial charge in [-0.2, -0.15) is 5.26 Å². The lowest BCUT2D eigenvalue weighted by Gasteiger charge is -2.05. The Morgan fingerprint density at radius 1 is 1.35 bits per heavy atom. The van der Waals surface area contributed by atoms with Gasteiger partial charge in [0.25, 0.3) is 5.91 Å². The van der Waals surface area contributed by atoms with Crippen LogP contribution in [0.15, 0.2) is 54.2 Å². The molecule has 1 N–H and O–H groups in total. The van der Waals surface area contributed by atoms with Crippen LogP contribution in [0, 0.1) is 11.3 Å². The second-order valence-corrected chi connectivity index (χ2v) is 4.68. The highest BCUT2D eigenvalue weighted by Crippen LogP contribution is 2.16. The van der Waals surface area contributed by atoms with Gasteiger partial charge in [0.05, 0.1) is 18.8 Å². The molecule has 0 unspecified atom stereocenters. The quantitative estimate of drug-likeness (QED) is 0.657. The fourth-order valence-corrected chi connectivity index (χ4v) is 1.94. The molecule has 1 heterocycles. The minimum absolute atomic E-state index is 0.0366. The van der Waals surface area contributed by atoms with E-state index in [2.05, 4.69) is 10.3 Å². The second-order valence-electron chi connectivity index (χ2n) is 4.68. The Morgan fingerprint density at radius 2 is 2.22 bits per heavy atom. The number of nitriles is 1. The zero-order valence-corrected chi connectivity index (χ0v) is 12.8. The van der Waals surface area contributed by atoms with Gasteiger partial charge >= 0.3 is 0 Å². The molecule has 0 aliphatic rings. The molecule has 0 bridgehead atoms. The molecule has 0 aliphatic carbocycles. The van der Waals surface area contributed by atoms with Crippen LogP contribution in [-0.4, -0.2) is 17.5 Å². The Kier molecular flexibility index (Phi) is 5.89. The molecule has 5 nitrogen and oxygen atoms in total. The number of rotatable bonds is 6. The molecule has 0 radical (unpaired) electrons. The number of ether oxygens (including phenoxy) is 1. The molecule has 0 spiro atoms. The largest absolute Gasteiger partial charge is 0.494 e. The molecule has 116 valence electrons. The minimum Gasteiger partial charge on any atom is -0.494 e. The monoisotopic (exact) mass is 307 g/mol. The highest BCUT2D eigenvalue weighted by atomic mass is 16.5. The summed E-state index contributed by atoms with van der Waals surface area (Å²) >= 11 is 0. The van der Waals surface area contributed by atoms with Crippen molar-refractivity contribution in [2.75, 3.05) is 6.61 Å². The number of nitrogens with zero attached hydrogens (tertiary/aromatic N) is 2. The number of nitrogens with one attached hydrogen (secondary N) is 1. The van der Waals surface area contributed by atoms with E-state index in [9.17, 15) is 10.1 Å². The van der Waals surface area contributed by atoms with Crippen LogP contribution in [0.4, 0.5) is 0 Å². The van der Waals surface area contributed by atoms with E-state index in [1.165, 1.54) is 6.08 Å². The first-order valence-electron chi connectivity index (χ1n) is 7.25. The van der Waals surface area contributed by atoms with Crippen molar-refractivity contribution in [2.45, 2.75) is 13.5 Å². The number of carbonyl (C=O) groups is 1. The number of hydrogen-bond donors (Lipinski definition) is 1. The summed E-state index contributed by atoms with van der Waals surface area (Å²) in [5.74, 6) is 0.271. The second kappa shape index (κ2) is 8.35. The lowest BCUT2D eigenvalue weighted by atomic mass is 10.1. The lowest BCUT2D eigenvalue weighted by molar-refractivity contribution is -0.117. The lowest BCUT2D eigenvalue weighted by Crippen LogP contribution is -2.24. The summed E-state index contributed by atoms with van der Waals surface area (Å²) < 4.78 is 5.41. The first-order chi connectivity index (χ1) is 11.2. The van der Waals surface area contributed by atoms with Crippen LogP contribution in [-0.2, 0) is 11.3 Å². The van der Waals surface area contributed by atoms with Gasteiger partial charge < -0.3 is 10.1 Å². The van der Waals surface area contributed by atoms with Gasteiger partial charge in [0, 0.05) is 6.20 Å². The Bertz CT molecular complexity index is 733. The van der Waals surface area contributed by atoms with Crippen LogP contribution < -0.4 is 10.1 Å². The number of benzene rings is 1. The average Bonchev–Trinajstić information content (AvgIpc) is 2.59. The maximum atomic E-state index is 12.1. The molecule has 1 amide bonds. The van der Waals surface area contributed by atoms with E-state index in [1.807, 2.05) is 43.3 Å². The van der Waals surface area contributed by atoms with Gasteiger partial charge in [-0.25, -0.2) is 0 Å². The Morgan fingerprint density at radius 3 is 2.91 bits per heavy atom. The number of aromatic nitrogens is 1. The topological polar surface area (TPSA) is 75.0 Å². The van der Waals surface area contributed by atoms with Crippen molar-refractivity contribution >= 4 is 12.0 Å². The van der Waals surface area contributed by atoms with Crippen molar-refractivity contribution in [2.24, 2.45) is 0 Å². The fraction of sp³-hybridized carbons (Fsp3) is 0.167. The summed E-state index contributed by atoms with van der Waals surface area (Å²) in [4.78, 5) is 16.2. The first-order valence-corrected chi connectivity index (χ1v) is 7.25. The molecule has 0 saturated heterocycles. The maximum Gasteiger partial charge on any atom is 0.262 e. The van der Waals surface area contributed by atoms with Crippen molar-refractivity contribution < 1.29 is 9.53 Å². The summed E-state index contributed by atoms with van der Waals surface area (Å²) in [5, 5.41) is 11.9. The van der Waals surface area contributed by atoms with Crippen molar-refractivity contribution in [3.8, 4) is 11.8 Å². The van der Waals surface area contributed by atoms with E-state index in [0.717, 1.165) is 11.3 Å². The van der Waals surface area contributed by atoms with Crippen LogP contribution in [0.1, 0.15) is 18.2 Å². The first kappa shape index (κ1) is 16.2. The van der Waals surface area contributed by atoms with Gasteiger partial charge in [0.1, 0.15) is 17.4 Å². The summed E-state index contributed by atoms with van der Waals surface area (Å²) in [6.07, 6.45) is 3.19. The van der Waals surface area contributed by atoms with Crippen molar-refractivity contribution in [1.82, 2.24) is 10.3 Å². The molecule has 2 rings (SSSR count). The third-order valence-electron chi connectivity index (χ3n) is 3.00. The normalized spacial score (nSPS) is 10.7. The number of pyridine rings is 1. The highest BCUT2D eigenvalue weighted by molar-refractivity contribution is 6.01. The van der Waals surface area contributed by atoms with E-state index in [1.54, 1.807) is 18.3 Å². The maximum absolute atomic E-state index is 12.1. The molecule has 0 aliphatic heterocycles.